The van der Waals surface area contributed by atoms with Crippen LogP contribution in [0.25, 0.3) is 0 Å². The Kier molecular flexibility index (Phi) is 5.18. The summed E-state index contributed by atoms with van der Waals surface area (Å²) >= 11 is 1.46. The topological polar surface area (TPSA) is 66.9 Å². The molecule has 1 amide bonds. The number of pyridine rings is 1. The Morgan fingerprint density at radius 2 is 2.04 bits per heavy atom. The van der Waals surface area contributed by atoms with Crippen molar-refractivity contribution < 1.29 is 4.79 Å². The molecule has 0 aliphatic rings. The van der Waals surface area contributed by atoms with E-state index >= 15 is 0 Å². The first kappa shape index (κ1) is 16.1. The molecule has 0 saturated heterocycles. The summed E-state index contributed by atoms with van der Waals surface area (Å²) in [5, 5.41) is 8.69. The van der Waals surface area contributed by atoms with Crippen LogP contribution in [0.3, 0.4) is 0 Å². The highest BCUT2D eigenvalue weighted by molar-refractivity contribution is 7.13. The molecule has 3 aromatic rings. The van der Waals surface area contributed by atoms with Crippen molar-refractivity contribution in [3.05, 3.63) is 70.9 Å². The van der Waals surface area contributed by atoms with E-state index in [1.807, 2.05) is 54.8 Å². The van der Waals surface area contributed by atoms with E-state index < -0.39 is 0 Å². The number of hydrogen-bond donors (Lipinski definition) is 2. The minimum atomic E-state index is -0.0376. The number of aromatic nitrogens is 2. The van der Waals surface area contributed by atoms with E-state index in [-0.39, 0.29) is 12.3 Å². The molecule has 1 aromatic carbocycles. The van der Waals surface area contributed by atoms with Crippen LogP contribution in [0.5, 0.6) is 0 Å². The third kappa shape index (κ3) is 4.63. The Bertz CT molecular complexity index is 817. The highest BCUT2D eigenvalue weighted by Gasteiger charge is 2.08. The van der Waals surface area contributed by atoms with Crippen molar-refractivity contribution in [2.24, 2.45) is 0 Å². The first-order valence-electron chi connectivity index (χ1n) is 7.64. The number of benzene rings is 1. The van der Waals surface area contributed by atoms with Crippen molar-refractivity contribution in [1.82, 2.24) is 15.3 Å². The number of carbonyl (C=O) groups is 1. The zero-order valence-corrected chi connectivity index (χ0v) is 14.1. The zero-order chi connectivity index (χ0) is 16.8. The van der Waals surface area contributed by atoms with E-state index in [9.17, 15) is 4.79 Å². The van der Waals surface area contributed by atoms with E-state index in [4.69, 9.17) is 0 Å². The fraction of sp³-hybridized carbons (Fsp3) is 0.167. The van der Waals surface area contributed by atoms with Crippen molar-refractivity contribution in [3.63, 3.8) is 0 Å². The van der Waals surface area contributed by atoms with Gasteiger partial charge in [-0.3, -0.25) is 4.79 Å². The summed E-state index contributed by atoms with van der Waals surface area (Å²) in [6, 6.07) is 13.7. The normalized spacial score (nSPS) is 10.4. The lowest BCUT2D eigenvalue weighted by atomic mass is 10.2. The van der Waals surface area contributed by atoms with E-state index in [1.54, 1.807) is 6.20 Å². The molecule has 0 bridgehead atoms. The summed E-state index contributed by atoms with van der Waals surface area (Å²) in [5.41, 5.74) is 2.96. The van der Waals surface area contributed by atoms with Gasteiger partial charge in [-0.1, -0.05) is 30.3 Å². The van der Waals surface area contributed by atoms with Gasteiger partial charge in [0.15, 0.2) is 5.13 Å². The van der Waals surface area contributed by atoms with Crippen LogP contribution in [-0.2, 0) is 17.8 Å². The zero-order valence-electron chi connectivity index (χ0n) is 13.3. The highest BCUT2D eigenvalue weighted by Crippen LogP contribution is 2.20. The summed E-state index contributed by atoms with van der Waals surface area (Å²) in [5.74, 6) is 0.716. The summed E-state index contributed by atoms with van der Waals surface area (Å²) < 4.78 is 0. The lowest BCUT2D eigenvalue weighted by Gasteiger charge is -2.04. The van der Waals surface area contributed by atoms with Crippen molar-refractivity contribution in [1.29, 1.82) is 0 Å². The molecule has 0 fully saturated rings. The van der Waals surface area contributed by atoms with Crippen LogP contribution in [0, 0.1) is 6.92 Å². The van der Waals surface area contributed by atoms with Gasteiger partial charge in [0.1, 0.15) is 5.82 Å². The van der Waals surface area contributed by atoms with Gasteiger partial charge in [0, 0.05) is 18.1 Å². The smallest absolute Gasteiger partial charge is 0.226 e. The molecule has 6 heteroatoms. The SMILES string of the molecule is Cc1ccnc(Nc2nc(CC(=O)NCc3ccccc3)cs2)c1. The van der Waals surface area contributed by atoms with Crippen molar-refractivity contribution in [2.75, 3.05) is 5.32 Å². The molecule has 24 heavy (non-hydrogen) atoms. The van der Waals surface area contributed by atoms with E-state index in [0.29, 0.717) is 6.54 Å². The predicted molar refractivity (Wildman–Crippen MR) is 96.4 cm³/mol. The molecular weight excluding hydrogens is 320 g/mol. The number of amides is 1. The van der Waals surface area contributed by atoms with E-state index in [1.165, 1.54) is 11.3 Å². The van der Waals surface area contributed by atoms with Crippen LogP contribution in [0.2, 0.25) is 0 Å². The number of rotatable bonds is 6. The minimum Gasteiger partial charge on any atom is -0.352 e. The van der Waals surface area contributed by atoms with Crippen LogP contribution < -0.4 is 10.6 Å². The lowest BCUT2D eigenvalue weighted by Crippen LogP contribution is -2.24. The molecule has 5 nitrogen and oxygen atoms in total. The standard InChI is InChI=1S/C18H18N4OS/c1-13-7-8-19-16(9-13)22-18-21-15(12-24-18)10-17(23)20-11-14-5-3-2-4-6-14/h2-9,12H,10-11H2,1H3,(H,20,23)(H,19,21,22). The predicted octanol–water partition coefficient (Wildman–Crippen LogP) is 3.45. The molecule has 0 atom stereocenters. The molecule has 0 saturated carbocycles. The maximum atomic E-state index is 12.0. The number of thiazole rings is 1. The molecule has 0 aliphatic carbocycles. The number of nitrogens with one attached hydrogen (secondary N) is 2. The summed E-state index contributed by atoms with van der Waals surface area (Å²) in [7, 11) is 0. The Balaban J connectivity index is 1.53. The fourth-order valence-corrected chi connectivity index (χ4v) is 2.90. The average Bonchev–Trinajstić information content (AvgIpc) is 3.01. The van der Waals surface area contributed by atoms with Crippen molar-refractivity contribution in [3.8, 4) is 0 Å². The Morgan fingerprint density at radius 3 is 2.83 bits per heavy atom. The first-order chi connectivity index (χ1) is 11.7. The van der Waals surface area contributed by atoms with Gasteiger partial charge < -0.3 is 10.6 Å². The maximum absolute atomic E-state index is 12.0. The second kappa shape index (κ2) is 7.70. The first-order valence-corrected chi connectivity index (χ1v) is 8.52. The van der Waals surface area contributed by atoms with Gasteiger partial charge in [-0.05, 0) is 30.2 Å². The van der Waals surface area contributed by atoms with E-state index in [2.05, 4.69) is 20.6 Å². The molecule has 0 radical (unpaired) electrons. The summed E-state index contributed by atoms with van der Waals surface area (Å²) in [6.45, 7) is 2.54. The largest absolute Gasteiger partial charge is 0.352 e. The molecule has 122 valence electrons. The molecule has 2 aromatic heterocycles. The maximum Gasteiger partial charge on any atom is 0.226 e. The number of aryl methyl sites for hydroxylation is 1. The van der Waals surface area contributed by atoms with Gasteiger partial charge in [0.2, 0.25) is 5.91 Å². The Morgan fingerprint density at radius 1 is 1.21 bits per heavy atom. The van der Waals surface area contributed by atoms with Crippen molar-refractivity contribution >= 4 is 28.2 Å². The quantitative estimate of drug-likeness (QED) is 0.722. The van der Waals surface area contributed by atoms with Gasteiger partial charge in [-0.25, -0.2) is 9.97 Å². The van der Waals surface area contributed by atoms with Crippen LogP contribution in [0.1, 0.15) is 16.8 Å². The molecule has 0 unspecified atom stereocenters. The fourth-order valence-electron chi connectivity index (χ4n) is 2.18. The van der Waals surface area contributed by atoms with Crippen LogP contribution >= 0.6 is 11.3 Å². The molecule has 0 aliphatic heterocycles. The number of nitrogens with zero attached hydrogens (tertiary/aromatic N) is 2. The third-order valence-corrected chi connectivity index (χ3v) is 4.18. The van der Waals surface area contributed by atoms with Crippen molar-refractivity contribution in [2.45, 2.75) is 19.9 Å². The Hall–Kier alpha value is -2.73. The number of carbonyl (C=O) groups excluding carboxylic acids is 1. The van der Waals surface area contributed by atoms with Gasteiger partial charge in [0.25, 0.3) is 0 Å². The second-order valence-electron chi connectivity index (χ2n) is 5.43. The highest BCUT2D eigenvalue weighted by atomic mass is 32.1. The van der Waals surface area contributed by atoms with Gasteiger partial charge in [-0.15, -0.1) is 11.3 Å². The van der Waals surface area contributed by atoms with E-state index in [0.717, 1.165) is 27.8 Å². The van der Waals surface area contributed by atoms with Crippen LogP contribution in [0.4, 0.5) is 10.9 Å². The number of hydrogen-bond acceptors (Lipinski definition) is 5. The summed E-state index contributed by atoms with van der Waals surface area (Å²) in [6.07, 6.45) is 2.02. The molecule has 3 rings (SSSR count). The molecule has 0 spiro atoms. The van der Waals surface area contributed by atoms with Crippen LogP contribution in [0.15, 0.2) is 54.0 Å². The van der Waals surface area contributed by atoms with Gasteiger partial charge >= 0.3 is 0 Å². The summed E-state index contributed by atoms with van der Waals surface area (Å²) in [4.78, 5) is 20.7. The molecule has 2 heterocycles. The monoisotopic (exact) mass is 338 g/mol. The van der Waals surface area contributed by atoms with Gasteiger partial charge in [0.05, 0.1) is 12.1 Å². The molecule has 2 N–H and O–H groups in total. The van der Waals surface area contributed by atoms with Gasteiger partial charge in [-0.2, -0.15) is 0 Å². The Labute approximate surface area is 144 Å². The number of anilines is 2. The minimum absolute atomic E-state index is 0.0376. The lowest BCUT2D eigenvalue weighted by molar-refractivity contribution is -0.120. The third-order valence-electron chi connectivity index (χ3n) is 3.38. The molecular formula is C18H18N4OS. The second-order valence-corrected chi connectivity index (χ2v) is 6.28. The average molecular weight is 338 g/mol. The van der Waals surface area contributed by atoms with Crippen LogP contribution in [-0.4, -0.2) is 15.9 Å².